The van der Waals surface area contributed by atoms with Crippen molar-refractivity contribution in [1.29, 1.82) is 0 Å². The van der Waals surface area contributed by atoms with Crippen molar-refractivity contribution in [2.75, 3.05) is 26.7 Å². The lowest BCUT2D eigenvalue weighted by molar-refractivity contribution is 0.203. The summed E-state index contributed by atoms with van der Waals surface area (Å²) in [4.78, 5) is 6.89. The normalized spacial score (nSPS) is 23.0. The lowest BCUT2D eigenvalue weighted by atomic mass is 9.73. The van der Waals surface area contributed by atoms with Gasteiger partial charge in [0.15, 0.2) is 5.96 Å². The Hall–Kier alpha value is 0. The molecule has 0 aromatic rings. The first-order valence-corrected chi connectivity index (χ1v) is 7.25. The monoisotopic (exact) mass is 365 g/mol. The number of aliphatic imine (C=N–C) groups is 1. The lowest BCUT2D eigenvalue weighted by Crippen LogP contribution is -2.41. The van der Waals surface area contributed by atoms with Gasteiger partial charge in [0, 0.05) is 26.7 Å². The molecule has 2 fully saturated rings. The van der Waals surface area contributed by atoms with Crippen LogP contribution in [0, 0.1) is 5.41 Å². The Morgan fingerprint density at radius 3 is 2.56 bits per heavy atom. The van der Waals surface area contributed by atoms with Crippen molar-refractivity contribution in [1.82, 2.24) is 10.2 Å². The van der Waals surface area contributed by atoms with Gasteiger partial charge in [-0.05, 0) is 31.1 Å². The fourth-order valence-electron chi connectivity index (χ4n) is 3.39. The van der Waals surface area contributed by atoms with Crippen LogP contribution in [0.3, 0.4) is 0 Å². The SMILES string of the molecule is CCCNC(=NC)N1CCC2(CCCCC2)C1.I. The zero-order chi connectivity index (χ0) is 12.1. The van der Waals surface area contributed by atoms with Crippen LogP contribution < -0.4 is 5.32 Å². The molecule has 2 rings (SSSR count). The molecule has 1 saturated heterocycles. The first-order valence-electron chi connectivity index (χ1n) is 7.25. The molecule has 0 bridgehead atoms. The molecule has 0 radical (unpaired) electrons. The number of rotatable bonds is 2. The van der Waals surface area contributed by atoms with E-state index in [1.54, 1.807) is 0 Å². The van der Waals surface area contributed by atoms with E-state index in [0.717, 1.165) is 18.9 Å². The van der Waals surface area contributed by atoms with Crippen LogP contribution in [0.25, 0.3) is 0 Å². The van der Waals surface area contributed by atoms with Gasteiger partial charge in [0.05, 0.1) is 0 Å². The van der Waals surface area contributed by atoms with Crippen LogP contribution >= 0.6 is 24.0 Å². The van der Waals surface area contributed by atoms with Crippen molar-refractivity contribution in [3.8, 4) is 0 Å². The number of guanidine groups is 1. The van der Waals surface area contributed by atoms with Gasteiger partial charge in [-0.15, -0.1) is 24.0 Å². The maximum atomic E-state index is 4.42. The van der Waals surface area contributed by atoms with Crippen molar-refractivity contribution in [2.24, 2.45) is 10.4 Å². The van der Waals surface area contributed by atoms with Crippen molar-refractivity contribution in [3.63, 3.8) is 0 Å². The summed E-state index contributed by atoms with van der Waals surface area (Å²) >= 11 is 0. The molecule has 1 aliphatic heterocycles. The summed E-state index contributed by atoms with van der Waals surface area (Å²) in [6.45, 7) is 5.67. The Morgan fingerprint density at radius 2 is 1.94 bits per heavy atom. The number of hydrogen-bond donors (Lipinski definition) is 1. The van der Waals surface area contributed by atoms with Gasteiger partial charge in [0.25, 0.3) is 0 Å². The highest BCUT2D eigenvalue weighted by atomic mass is 127. The van der Waals surface area contributed by atoms with Gasteiger partial charge in [0.2, 0.25) is 0 Å². The van der Waals surface area contributed by atoms with Crippen molar-refractivity contribution >= 4 is 29.9 Å². The minimum Gasteiger partial charge on any atom is -0.356 e. The Balaban J connectivity index is 0.00000162. The third-order valence-corrected chi connectivity index (χ3v) is 4.40. The van der Waals surface area contributed by atoms with E-state index in [9.17, 15) is 0 Å². The highest BCUT2D eigenvalue weighted by molar-refractivity contribution is 14.0. The van der Waals surface area contributed by atoms with Gasteiger partial charge in [0.1, 0.15) is 0 Å². The van der Waals surface area contributed by atoms with Crippen LogP contribution in [0.1, 0.15) is 51.9 Å². The fraction of sp³-hybridized carbons (Fsp3) is 0.929. The predicted octanol–water partition coefficient (Wildman–Crippen LogP) is 3.25. The molecule has 2 aliphatic rings. The number of likely N-dealkylation sites (tertiary alicyclic amines) is 1. The lowest BCUT2D eigenvalue weighted by Gasteiger charge is -2.33. The summed E-state index contributed by atoms with van der Waals surface area (Å²) in [5.74, 6) is 1.12. The number of halogens is 1. The summed E-state index contributed by atoms with van der Waals surface area (Å²) < 4.78 is 0. The molecule has 0 unspecified atom stereocenters. The first kappa shape index (κ1) is 16.1. The molecule has 3 nitrogen and oxygen atoms in total. The van der Waals surface area contributed by atoms with E-state index in [1.807, 2.05) is 7.05 Å². The molecular formula is C14H28IN3. The molecule has 18 heavy (non-hydrogen) atoms. The van der Waals surface area contributed by atoms with Gasteiger partial charge in [-0.25, -0.2) is 0 Å². The van der Waals surface area contributed by atoms with Crippen LogP contribution in [-0.4, -0.2) is 37.5 Å². The Labute approximate surface area is 129 Å². The van der Waals surface area contributed by atoms with E-state index in [4.69, 9.17) is 0 Å². The van der Waals surface area contributed by atoms with Crippen LogP contribution in [-0.2, 0) is 0 Å². The Kier molecular flexibility index (Phi) is 6.74. The van der Waals surface area contributed by atoms with Crippen LogP contribution in [0.15, 0.2) is 4.99 Å². The Bertz CT molecular complexity index is 272. The quantitative estimate of drug-likeness (QED) is 0.462. The standard InChI is InChI=1S/C14H27N3.HI/c1-3-10-16-13(15-2)17-11-9-14(12-17)7-5-4-6-8-14;/h3-12H2,1-2H3,(H,15,16);1H. The molecule has 4 heteroatoms. The first-order chi connectivity index (χ1) is 8.29. The second-order valence-corrected chi connectivity index (χ2v) is 5.71. The molecule has 0 amide bonds. The molecule has 1 N–H and O–H groups in total. The summed E-state index contributed by atoms with van der Waals surface area (Å²) in [7, 11) is 1.91. The number of hydrogen-bond acceptors (Lipinski definition) is 1. The number of nitrogens with one attached hydrogen (secondary N) is 1. The molecule has 1 aliphatic carbocycles. The third kappa shape index (κ3) is 3.75. The van der Waals surface area contributed by atoms with Gasteiger partial charge in [-0.3, -0.25) is 4.99 Å². The van der Waals surface area contributed by atoms with E-state index in [1.165, 1.54) is 51.6 Å². The average Bonchev–Trinajstić information content (AvgIpc) is 2.75. The molecule has 0 aromatic heterocycles. The Morgan fingerprint density at radius 1 is 1.22 bits per heavy atom. The van der Waals surface area contributed by atoms with Gasteiger partial charge in [-0.2, -0.15) is 0 Å². The van der Waals surface area contributed by atoms with E-state index in [2.05, 4.69) is 22.1 Å². The van der Waals surface area contributed by atoms with Crippen LogP contribution in [0.2, 0.25) is 0 Å². The highest BCUT2D eigenvalue weighted by Crippen LogP contribution is 2.43. The second-order valence-electron chi connectivity index (χ2n) is 5.71. The zero-order valence-electron chi connectivity index (χ0n) is 11.9. The van der Waals surface area contributed by atoms with Crippen molar-refractivity contribution < 1.29 is 0 Å². The van der Waals surface area contributed by atoms with E-state index in [-0.39, 0.29) is 24.0 Å². The van der Waals surface area contributed by atoms with E-state index in [0.29, 0.717) is 5.41 Å². The van der Waals surface area contributed by atoms with Gasteiger partial charge in [-0.1, -0.05) is 26.2 Å². The van der Waals surface area contributed by atoms with Crippen molar-refractivity contribution in [2.45, 2.75) is 51.9 Å². The van der Waals surface area contributed by atoms with Gasteiger partial charge >= 0.3 is 0 Å². The summed E-state index contributed by atoms with van der Waals surface area (Å²) in [6, 6.07) is 0. The average molecular weight is 365 g/mol. The van der Waals surface area contributed by atoms with E-state index < -0.39 is 0 Å². The maximum Gasteiger partial charge on any atom is 0.193 e. The second kappa shape index (κ2) is 7.56. The largest absolute Gasteiger partial charge is 0.356 e. The summed E-state index contributed by atoms with van der Waals surface area (Å²) in [5.41, 5.74) is 0.627. The molecule has 0 atom stereocenters. The number of nitrogens with zero attached hydrogens (tertiary/aromatic N) is 2. The van der Waals surface area contributed by atoms with Gasteiger partial charge < -0.3 is 10.2 Å². The van der Waals surface area contributed by atoms with Crippen LogP contribution in [0.4, 0.5) is 0 Å². The van der Waals surface area contributed by atoms with E-state index >= 15 is 0 Å². The predicted molar refractivity (Wildman–Crippen MR) is 88.8 cm³/mol. The molecule has 1 spiro atoms. The zero-order valence-corrected chi connectivity index (χ0v) is 14.2. The van der Waals surface area contributed by atoms with Crippen molar-refractivity contribution in [3.05, 3.63) is 0 Å². The molecule has 106 valence electrons. The molecule has 1 heterocycles. The third-order valence-electron chi connectivity index (χ3n) is 4.40. The fourth-order valence-corrected chi connectivity index (χ4v) is 3.39. The minimum atomic E-state index is 0. The molecular weight excluding hydrogens is 337 g/mol. The minimum absolute atomic E-state index is 0. The molecule has 0 aromatic carbocycles. The summed E-state index contributed by atoms with van der Waals surface area (Å²) in [6.07, 6.45) is 9.74. The van der Waals surface area contributed by atoms with Crippen LogP contribution in [0.5, 0.6) is 0 Å². The summed E-state index contributed by atoms with van der Waals surface area (Å²) in [5, 5.41) is 3.46. The topological polar surface area (TPSA) is 27.6 Å². The molecule has 1 saturated carbocycles. The maximum absolute atomic E-state index is 4.42. The smallest absolute Gasteiger partial charge is 0.193 e. The highest BCUT2D eigenvalue weighted by Gasteiger charge is 2.39.